The molecule has 28 heavy (non-hydrogen) atoms. The highest BCUT2D eigenvalue weighted by atomic mass is 16.5. The predicted octanol–water partition coefficient (Wildman–Crippen LogP) is 4.42. The third-order valence-electron chi connectivity index (χ3n) is 5.14. The molecule has 2 amide bonds. The van der Waals surface area contributed by atoms with Crippen LogP contribution in [-0.4, -0.2) is 24.5 Å². The monoisotopic (exact) mass is 378 g/mol. The maximum absolute atomic E-state index is 12.6. The van der Waals surface area contributed by atoms with E-state index in [0.717, 1.165) is 54.9 Å². The Bertz CT molecular complexity index is 885. The van der Waals surface area contributed by atoms with Crippen LogP contribution in [0.25, 0.3) is 0 Å². The molecular formula is C23H26N2O3. The molecule has 2 aromatic rings. The SMILES string of the molecule is CC(C)Oc1ccc(C(=O)Nc2ccc3c(c2)CCCN3C(=O)C2CC2)cc1. The van der Waals surface area contributed by atoms with Crippen LogP contribution in [-0.2, 0) is 11.2 Å². The Morgan fingerprint density at radius 1 is 1.11 bits per heavy atom. The normalized spacial score (nSPS) is 15.9. The van der Waals surface area contributed by atoms with Crippen LogP contribution in [0.15, 0.2) is 42.5 Å². The lowest BCUT2D eigenvalue weighted by Gasteiger charge is -2.30. The molecule has 5 nitrogen and oxygen atoms in total. The minimum atomic E-state index is -0.155. The standard InChI is InChI=1S/C23H26N2O3/c1-15(2)28-20-10-7-16(8-11-20)22(26)24-19-9-12-21-18(14-19)4-3-13-25(21)23(27)17-5-6-17/h7-12,14-15,17H,3-6,13H2,1-2H3,(H,24,26). The Labute approximate surface area is 165 Å². The molecule has 0 aromatic heterocycles. The van der Waals surface area contributed by atoms with Gasteiger partial charge in [0.05, 0.1) is 6.10 Å². The average Bonchev–Trinajstić information content (AvgIpc) is 3.52. The topological polar surface area (TPSA) is 58.6 Å². The van der Waals surface area contributed by atoms with Crippen molar-refractivity contribution in [2.24, 2.45) is 5.92 Å². The molecule has 1 aliphatic heterocycles. The quantitative estimate of drug-likeness (QED) is 0.838. The minimum Gasteiger partial charge on any atom is -0.491 e. The van der Waals surface area contributed by atoms with Gasteiger partial charge >= 0.3 is 0 Å². The van der Waals surface area contributed by atoms with E-state index >= 15 is 0 Å². The van der Waals surface area contributed by atoms with Crippen molar-refractivity contribution in [1.29, 1.82) is 0 Å². The summed E-state index contributed by atoms with van der Waals surface area (Å²) in [6, 6.07) is 13.0. The van der Waals surface area contributed by atoms with Crippen molar-refractivity contribution < 1.29 is 14.3 Å². The van der Waals surface area contributed by atoms with E-state index in [4.69, 9.17) is 4.74 Å². The summed E-state index contributed by atoms with van der Waals surface area (Å²) in [5, 5.41) is 2.96. The van der Waals surface area contributed by atoms with Crippen molar-refractivity contribution in [1.82, 2.24) is 0 Å². The smallest absolute Gasteiger partial charge is 0.255 e. The largest absolute Gasteiger partial charge is 0.491 e. The van der Waals surface area contributed by atoms with Gasteiger partial charge in [-0.2, -0.15) is 0 Å². The van der Waals surface area contributed by atoms with Crippen LogP contribution in [0.3, 0.4) is 0 Å². The molecule has 0 saturated heterocycles. The van der Waals surface area contributed by atoms with E-state index in [1.165, 1.54) is 0 Å². The zero-order chi connectivity index (χ0) is 19.7. The molecule has 0 radical (unpaired) electrons. The Morgan fingerprint density at radius 2 is 1.86 bits per heavy atom. The number of benzene rings is 2. The van der Waals surface area contributed by atoms with Gasteiger partial charge in [-0.05, 0) is 87.6 Å². The second kappa shape index (κ2) is 7.66. The first-order chi connectivity index (χ1) is 13.5. The Morgan fingerprint density at radius 3 is 2.54 bits per heavy atom. The number of carbonyl (C=O) groups excluding carboxylic acids is 2. The molecule has 5 heteroatoms. The number of hydrogen-bond acceptors (Lipinski definition) is 3. The number of nitrogens with one attached hydrogen (secondary N) is 1. The molecule has 0 unspecified atom stereocenters. The van der Waals surface area contributed by atoms with Gasteiger partial charge in [-0.25, -0.2) is 0 Å². The number of aryl methyl sites for hydroxylation is 1. The fourth-order valence-electron chi connectivity index (χ4n) is 3.61. The fraction of sp³-hybridized carbons (Fsp3) is 0.391. The van der Waals surface area contributed by atoms with Crippen molar-refractivity contribution in [2.45, 2.75) is 45.6 Å². The van der Waals surface area contributed by atoms with Crippen molar-refractivity contribution >= 4 is 23.2 Å². The van der Waals surface area contributed by atoms with E-state index in [1.54, 1.807) is 12.1 Å². The van der Waals surface area contributed by atoms with Crippen LogP contribution in [0.1, 0.15) is 49.0 Å². The van der Waals surface area contributed by atoms with Crippen LogP contribution in [0.2, 0.25) is 0 Å². The average molecular weight is 378 g/mol. The summed E-state index contributed by atoms with van der Waals surface area (Å²) < 4.78 is 5.62. The highest BCUT2D eigenvalue weighted by Gasteiger charge is 2.35. The number of rotatable bonds is 5. The van der Waals surface area contributed by atoms with Gasteiger partial charge in [0, 0.05) is 29.4 Å². The summed E-state index contributed by atoms with van der Waals surface area (Å²) in [6.45, 7) is 4.73. The summed E-state index contributed by atoms with van der Waals surface area (Å²) in [4.78, 5) is 27.0. The van der Waals surface area contributed by atoms with E-state index in [1.807, 2.05) is 49.1 Å². The van der Waals surface area contributed by atoms with Gasteiger partial charge in [-0.15, -0.1) is 0 Å². The Kier molecular flexibility index (Phi) is 5.07. The van der Waals surface area contributed by atoms with Gasteiger partial charge < -0.3 is 15.0 Å². The van der Waals surface area contributed by atoms with Crippen molar-refractivity contribution in [3.05, 3.63) is 53.6 Å². The molecule has 146 valence electrons. The van der Waals surface area contributed by atoms with E-state index in [-0.39, 0.29) is 23.8 Å². The highest BCUT2D eigenvalue weighted by Crippen LogP contribution is 2.36. The molecule has 2 aromatic carbocycles. The van der Waals surface area contributed by atoms with E-state index in [9.17, 15) is 9.59 Å². The third-order valence-corrected chi connectivity index (χ3v) is 5.14. The lowest BCUT2D eigenvalue weighted by atomic mass is 10.00. The zero-order valence-corrected chi connectivity index (χ0v) is 16.4. The first-order valence-electron chi connectivity index (χ1n) is 10.0. The van der Waals surface area contributed by atoms with Gasteiger partial charge in [0.25, 0.3) is 5.91 Å². The summed E-state index contributed by atoms with van der Waals surface area (Å²) in [5.74, 6) is 1.06. The minimum absolute atomic E-state index is 0.0986. The van der Waals surface area contributed by atoms with E-state index in [2.05, 4.69) is 5.32 Å². The number of ether oxygens (including phenoxy) is 1. The molecule has 1 saturated carbocycles. The number of anilines is 2. The third kappa shape index (κ3) is 4.03. The van der Waals surface area contributed by atoms with Crippen molar-refractivity contribution in [3.8, 4) is 5.75 Å². The molecule has 4 rings (SSSR count). The van der Waals surface area contributed by atoms with E-state index < -0.39 is 0 Å². The fourth-order valence-corrected chi connectivity index (χ4v) is 3.61. The second-order valence-corrected chi connectivity index (χ2v) is 7.86. The van der Waals surface area contributed by atoms with E-state index in [0.29, 0.717) is 5.56 Å². The highest BCUT2D eigenvalue weighted by molar-refractivity contribution is 6.04. The second-order valence-electron chi connectivity index (χ2n) is 7.86. The maximum atomic E-state index is 12.6. The predicted molar refractivity (Wildman–Crippen MR) is 110 cm³/mol. The summed E-state index contributed by atoms with van der Waals surface area (Å²) in [7, 11) is 0. The zero-order valence-electron chi connectivity index (χ0n) is 16.4. The first kappa shape index (κ1) is 18.5. The lowest BCUT2D eigenvalue weighted by molar-refractivity contribution is -0.119. The van der Waals surface area contributed by atoms with Crippen molar-refractivity contribution in [2.75, 3.05) is 16.8 Å². The first-order valence-corrected chi connectivity index (χ1v) is 10.0. The Hall–Kier alpha value is -2.82. The molecule has 0 atom stereocenters. The van der Waals surface area contributed by atoms with Crippen LogP contribution < -0.4 is 15.0 Å². The molecule has 0 spiro atoms. The van der Waals surface area contributed by atoms with Gasteiger partial charge in [-0.1, -0.05) is 0 Å². The molecule has 1 fully saturated rings. The van der Waals surface area contributed by atoms with Crippen LogP contribution in [0, 0.1) is 5.92 Å². The molecular weight excluding hydrogens is 352 g/mol. The maximum Gasteiger partial charge on any atom is 0.255 e. The number of amides is 2. The molecule has 2 aliphatic rings. The number of carbonyl (C=O) groups is 2. The van der Waals surface area contributed by atoms with Crippen LogP contribution in [0.5, 0.6) is 5.75 Å². The van der Waals surface area contributed by atoms with Crippen molar-refractivity contribution in [3.63, 3.8) is 0 Å². The molecule has 1 aliphatic carbocycles. The number of fused-ring (bicyclic) bond motifs is 1. The number of hydrogen-bond donors (Lipinski definition) is 1. The summed E-state index contributed by atoms with van der Waals surface area (Å²) in [5.41, 5.74) is 3.46. The molecule has 1 heterocycles. The van der Waals surface area contributed by atoms with Gasteiger partial charge in [0.15, 0.2) is 0 Å². The Balaban J connectivity index is 1.46. The molecule has 1 N–H and O–H groups in total. The summed E-state index contributed by atoms with van der Waals surface area (Å²) in [6.07, 6.45) is 4.01. The van der Waals surface area contributed by atoms with Gasteiger partial charge in [-0.3, -0.25) is 9.59 Å². The van der Waals surface area contributed by atoms with Crippen LogP contribution in [0.4, 0.5) is 11.4 Å². The molecule has 0 bridgehead atoms. The number of nitrogens with zero attached hydrogens (tertiary/aromatic N) is 1. The van der Waals surface area contributed by atoms with Gasteiger partial charge in [0.1, 0.15) is 5.75 Å². The van der Waals surface area contributed by atoms with Crippen LogP contribution >= 0.6 is 0 Å². The lowest BCUT2D eigenvalue weighted by Crippen LogP contribution is -2.36. The van der Waals surface area contributed by atoms with Gasteiger partial charge in [0.2, 0.25) is 5.91 Å². The summed E-state index contributed by atoms with van der Waals surface area (Å²) >= 11 is 0.